The highest BCUT2D eigenvalue weighted by atomic mass is 16.7. The Hall–Kier alpha value is -2.85. The van der Waals surface area contributed by atoms with Gasteiger partial charge in [-0.05, 0) is 30.6 Å². The number of allylic oxidation sites excluding steroid dienone is 1. The molecule has 1 aliphatic rings. The summed E-state index contributed by atoms with van der Waals surface area (Å²) in [7, 11) is 1.20. The van der Waals surface area contributed by atoms with Crippen molar-refractivity contribution in [1.29, 1.82) is 0 Å². The van der Waals surface area contributed by atoms with Crippen LogP contribution in [-0.4, -0.2) is 65.8 Å². The summed E-state index contributed by atoms with van der Waals surface area (Å²) in [6, 6.07) is 9.52. The molecule has 1 heterocycles. The van der Waals surface area contributed by atoms with Crippen LogP contribution in [0.2, 0.25) is 0 Å². The second-order valence-corrected chi connectivity index (χ2v) is 9.39. The number of carbonyl (C=O) groups excluding carboxylic acids is 3. The van der Waals surface area contributed by atoms with Gasteiger partial charge in [0, 0.05) is 24.8 Å². The van der Waals surface area contributed by atoms with Gasteiger partial charge >= 0.3 is 11.9 Å². The van der Waals surface area contributed by atoms with Gasteiger partial charge in [0.1, 0.15) is 6.29 Å². The van der Waals surface area contributed by atoms with Crippen LogP contribution in [0.3, 0.4) is 0 Å². The summed E-state index contributed by atoms with van der Waals surface area (Å²) in [4.78, 5) is 35.0. The predicted molar refractivity (Wildman–Crippen MR) is 130 cm³/mol. The highest BCUT2D eigenvalue weighted by molar-refractivity contribution is 5.83. The average Bonchev–Trinajstić information content (AvgIpc) is 2.83. The molecular weight excluding hydrogens is 468 g/mol. The van der Waals surface area contributed by atoms with Crippen LogP contribution in [0.25, 0.3) is 0 Å². The first-order valence-corrected chi connectivity index (χ1v) is 11.8. The first kappa shape index (κ1) is 29.4. The largest absolute Gasteiger partial charge is 0.466 e. The van der Waals surface area contributed by atoms with Crippen LogP contribution in [0.5, 0.6) is 0 Å². The Morgan fingerprint density at radius 3 is 2.53 bits per heavy atom. The van der Waals surface area contributed by atoms with Crippen LogP contribution in [0.4, 0.5) is 0 Å². The lowest BCUT2D eigenvalue weighted by Gasteiger charge is -2.50. The van der Waals surface area contributed by atoms with Crippen LogP contribution in [-0.2, 0) is 39.9 Å². The number of aliphatic hydroxyl groups excluding tert-OH is 1. The van der Waals surface area contributed by atoms with E-state index in [1.807, 2.05) is 30.3 Å². The number of carbonyl (C=O) groups is 3. The second-order valence-electron chi connectivity index (χ2n) is 9.39. The molecule has 2 N–H and O–H groups in total. The van der Waals surface area contributed by atoms with Gasteiger partial charge in [0.05, 0.1) is 32.0 Å². The van der Waals surface area contributed by atoms with E-state index in [-0.39, 0.29) is 18.4 Å². The minimum atomic E-state index is -2.17. The number of aliphatic hydroxyl groups is 2. The third-order valence-corrected chi connectivity index (χ3v) is 6.21. The van der Waals surface area contributed by atoms with E-state index in [2.05, 4.69) is 0 Å². The minimum Gasteiger partial charge on any atom is -0.466 e. The molecule has 1 aromatic rings. The van der Waals surface area contributed by atoms with Crippen molar-refractivity contribution in [2.24, 2.45) is 5.41 Å². The highest BCUT2D eigenvalue weighted by Crippen LogP contribution is 2.46. The van der Waals surface area contributed by atoms with Crippen LogP contribution in [0, 0.1) is 5.41 Å². The summed E-state index contributed by atoms with van der Waals surface area (Å²) in [5.74, 6) is -3.57. The number of aldehydes is 1. The fourth-order valence-corrected chi connectivity index (χ4v) is 4.04. The lowest BCUT2D eigenvalue weighted by Crippen LogP contribution is -2.62. The van der Waals surface area contributed by atoms with Crippen molar-refractivity contribution in [3.05, 3.63) is 59.7 Å². The van der Waals surface area contributed by atoms with Crippen LogP contribution >= 0.6 is 0 Å². The van der Waals surface area contributed by atoms with E-state index in [0.717, 1.165) is 11.6 Å². The van der Waals surface area contributed by atoms with E-state index in [1.54, 1.807) is 20.8 Å². The minimum absolute atomic E-state index is 0.0526. The number of methoxy groups -OCH3 is 1. The molecule has 0 radical (unpaired) electrons. The number of hydrogen-bond donors (Lipinski definition) is 2. The monoisotopic (exact) mass is 504 g/mol. The Bertz CT molecular complexity index is 953. The standard InChI is InChI=1S/C27H36O9/c1-18(34-17-20-10-7-6-8-11-20)23(30)16-22-14-21(15-24(31)33-5)25(35-19(2)29)27(32,36-22)26(3,4)12-9-13-28/h6-13,15,18,22-23,25,30,32H,14,16-17H2,1-5H3/t18-,22+,23-,25?,27-/m1/s1. The summed E-state index contributed by atoms with van der Waals surface area (Å²) in [6.45, 7) is 6.41. The third kappa shape index (κ3) is 7.57. The Morgan fingerprint density at radius 2 is 1.94 bits per heavy atom. The summed E-state index contributed by atoms with van der Waals surface area (Å²) >= 11 is 0. The van der Waals surface area contributed by atoms with Crippen molar-refractivity contribution in [1.82, 2.24) is 0 Å². The lowest BCUT2D eigenvalue weighted by molar-refractivity contribution is -0.327. The maximum Gasteiger partial charge on any atom is 0.330 e. The van der Waals surface area contributed by atoms with Gasteiger partial charge in [0.15, 0.2) is 6.10 Å². The van der Waals surface area contributed by atoms with Crippen molar-refractivity contribution in [2.75, 3.05) is 7.11 Å². The molecule has 1 unspecified atom stereocenters. The smallest absolute Gasteiger partial charge is 0.330 e. The Morgan fingerprint density at radius 1 is 1.28 bits per heavy atom. The molecule has 2 rings (SSSR count). The Labute approximate surface area is 211 Å². The molecule has 198 valence electrons. The molecule has 9 nitrogen and oxygen atoms in total. The second kappa shape index (κ2) is 12.9. The number of ether oxygens (including phenoxy) is 4. The number of rotatable bonds is 11. The zero-order chi connectivity index (χ0) is 26.9. The van der Waals surface area contributed by atoms with Gasteiger partial charge in [-0.3, -0.25) is 9.59 Å². The molecule has 1 saturated heterocycles. The molecule has 0 spiro atoms. The molecule has 36 heavy (non-hydrogen) atoms. The van der Waals surface area contributed by atoms with E-state index in [9.17, 15) is 24.6 Å². The molecule has 9 heteroatoms. The van der Waals surface area contributed by atoms with E-state index in [0.29, 0.717) is 12.9 Å². The molecule has 1 aliphatic heterocycles. The van der Waals surface area contributed by atoms with Crippen LogP contribution in [0.1, 0.15) is 46.1 Å². The van der Waals surface area contributed by atoms with E-state index < -0.39 is 47.6 Å². The highest BCUT2D eigenvalue weighted by Gasteiger charge is 2.57. The van der Waals surface area contributed by atoms with Gasteiger partial charge in [0.2, 0.25) is 5.79 Å². The lowest BCUT2D eigenvalue weighted by atomic mass is 9.74. The van der Waals surface area contributed by atoms with Gasteiger partial charge in [-0.15, -0.1) is 0 Å². The maximum absolute atomic E-state index is 12.1. The quantitative estimate of drug-likeness (QED) is 0.265. The molecule has 0 bridgehead atoms. The van der Waals surface area contributed by atoms with Crippen LogP contribution < -0.4 is 0 Å². The maximum atomic E-state index is 12.1. The fraction of sp³-hybridized carbons (Fsp3) is 0.519. The molecule has 0 amide bonds. The van der Waals surface area contributed by atoms with Gasteiger partial charge in [-0.2, -0.15) is 0 Å². The third-order valence-electron chi connectivity index (χ3n) is 6.21. The average molecular weight is 505 g/mol. The van der Waals surface area contributed by atoms with Crippen molar-refractivity contribution >= 4 is 18.2 Å². The molecule has 1 aromatic carbocycles. The SMILES string of the molecule is COC(=O)C=C1C[C@@H](C[C@@H](O)[C@@H](C)OCc2ccccc2)O[C@@](O)(C(C)(C)C=CC=O)C1OC(C)=O. The van der Waals surface area contributed by atoms with Crippen LogP contribution in [0.15, 0.2) is 54.1 Å². The molecular formula is C27H36O9. The number of hydrogen-bond acceptors (Lipinski definition) is 9. The molecule has 1 fully saturated rings. The van der Waals surface area contributed by atoms with E-state index in [4.69, 9.17) is 18.9 Å². The zero-order valence-corrected chi connectivity index (χ0v) is 21.4. The summed E-state index contributed by atoms with van der Waals surface area (Å²) < 4.78 is 22.1. The Balaban J connectivity index is 2.33. The molecule has 0 saturated carbocycles. The van der Waals surface area contributed by atoms with Gasteiger partial charge in [0.25, 0.3) is 0 Å². The van der Waals surface area contributed by atoms with Crippen molar-refractivity contribution in [3.63, 3.8) is 0 Å². The first-order valence-electron chi connectivity index (χ1n) is 11.8. The molecule has 5 atom stereocenters. The first-order chi connectivity index (χ1) is 16.9. The predicted octanol–water partition coefficient (Wildman–Crippen LogP) is 2.63. The summed E-state index contributed by atoms with van der Waals surface area (Å²) in [5, 5.41) is 22.6. The summed E-state index contributed by atoms with van der Waals surface area (Å²) in [5.41, 5.74) is -0.0352. The summed E-state index contributed by atoms with van der Waals surface area (Å²) in [6.07, 6.45) is 0.778. The number of esters is 2. The van der Waals surface area contributed by atoms with Gasteiger partial charge < -0.3 is 29.2 Å². The van der Waals surface area contributed by atoms with Gasteiger partial charge in [-0.1, -0.05) is 50.3 Å². The molecule has 0 aliphatic carbocycles. The molecule has 0 aromatic heterocycles. The van der Waals surface area contributed by atoms with E-state index >= 15 is 0 Å². The number of benzene rings is 1. The van der Waals surface area contributed by atoms with Crippen molar-refractivity contribution in [3.8, 4) is 0 Å². The fourth-order valence-electron chi connectivity index (χ4n) is 4.04. The van der Waals surface area contributed by atoms with E-state index in [1.165, 1.54) is 26.2 Å². The Kier molecular flexibility index (Phi) is 10.5. The van der Waals surface area contributed by atoms with Gasteiger partial charge in [-0.25, -0.2) is 4.79 Å². The topological polar surface area (TPSA) is 129 Å². The normalized spacial score (nSPS) is 25.4. The van der Waals surface area contributed by atoms with Crippen molar-refractivity contribution < 1.29 is 43.5 Å². The van der Waals surface area contributed by atoms with Crippen molar-refractivity contribution in [2.45, 2.75) is 77.3 Å². The zero-order valence-electron chi connectivity index (χ0n) is 21.4.